The lowest BCUT2D eigenvalue weighted by Gasteiger charge is -1.67. The van der Waals surface area contributed by atoms with E-state index in [1.807, 2.05) is 0 Å². The SMILES string of the molecule is ClCC1CO1.N.N. The molecule has 0 saturated carbocycles. The lowest BCUT2D eigenvalue weighted by atomic mass is 10.6. The molecule has 0 aromatic heterocycles. The molecule has 0 bridgehead atoms. The molecule has 0 aromatic rings. The Labute approximate surface area is 48.2 Å². The Bertz CT molecular complexity index is 39.9. The van der Waals surface area contributed by atoms with Crippen molar-refractivity contribution in [3.05, 3.63) is 0 Å². The van der Waals surface area contributed by atoms with Crippen LogP contribution in [0.5, 0.6) is 0 Å². The average molecular weight is 127 g/mol. The standard InChI is InChI=1S/C3H5ClO.2H3N/c4-1-3-2-5-3;;/h3H,1-2H2;2*1H3. The number of rotatable bonds is 1. The summed E-state index contributed by atoms with van der Waals surface area (Å²) in [5, 5.41) is 0. The van der Waals surface area contributed by atoms with Crippen molar-refractivity contribution in [2.45, 2.75) is 6.10 Å². The fourth-order valence-electron chi connectivity index (χ4n) is 0.157. The van der Waals surface area contributed by atoms with E-state index < -0.39 is 0 Å². The monoisotopic (exact) mass is 126 g/mol. The molecule has 7 heavy (non-hydrogen) atoms. The van der Waals surface area contributed by atoms with Crippen molar-refractivity contribution >= 4 is 11.6 Å². The lowest BCUT2D eigenvalue weighted by Crippen LogP contribution is -1.80. The molecule has 0 aromatic carbocycles. The molecular formula is C3H11ClN2O. The first-order valence-electron chi connectivity index (χ1n) is 1.61. The summed E-state index contributed by atoms with van der Waals surface area (Å²) >= 11 is 5.27. The maximum atomic E-state index is 5.27. The third-order valence-corrected chi connectivity index (χ3v) is 0.919. The Balaban J connectivity index is 0. The highest BCUT2D eigenvalue weighted by Gasteiger charge is 2.19. The minimum absolute atomic E-state index is 0. The van der Waals surface area contributed by atoms with Crippen LogP contribution in [0.3, 0.4) is 0 Å². The first-order valence-corrected chi connectivity index (χ1v) is 2.14. The molecule has 1 atom stereocenters. The van der Waals surface area contributed by atoms with Crippen molar-refractivity contribution in [3.8, 4) is 0 Å². The molecule has 0 spiro atoms. The van der Waals surface area contributed by atoms with Gasteiger partial charge in [0, 0.05) is 0 Å². The summed E-state index contributed by atoms with van der Waals surface area (Å²) in [5.41, 5.74) is 0. The highest BCUT2D eigenvalue weighted by Crippen LogP contribution is 2.08. The summed E-state index contributed by atoms with van der Waals surface area (Å²) < 4.78 is 4.73. The van der Waals surface area contributed by atoms with E-state index in [9.17, 15) is 0 Å². The molecule has 1 fully saturated rings. The van der Waals surface area contributed by atoms with Crippen LogP contribution in [-0.4, -0.2) is 18.6 Å². The summed E-state index contributed by atoms with van der Waals surface area (Å²) in [4.78, 5) is 0. The van der Waals surface area contributed by atoms with Gasteiger partial charge in [0.15, 0.2) is 0 Å². The summed E-state index contributed by atoms with van der Waals surface area (Å²) in [6.07, 6.45) is 0.400. The van der Waals surface area contributed by atoms with Gasteiger partial charge >= 0.3 is 0 Å². The molecule has 1 heterocycles. The quantitative estimate of drug-likeness (QED) is 0.405. The minimum Gasteiger partial charge on any atom is -0.372 e. The van der Waals surface area contributed by atoms with Gasteiger partial charge in [0.25, 0.3) is 0 Å². The number of hydrogen-bond acceptors (Lipinski definition) is 3. The van der Waals surface area contributed by atoms with Gasteiger partial charge in [-0.15, -0.1) is 11.6 Å². The van der Waals surface area contributed by atoms with E-state index in [2.05, 4.69) is 0 Å². The normalized spacial score (nSPS) is 24.4. The van der Waals surface area contributed by atoms with Crippen molar-refractivity contribution in [1.82, 2.24) is 12.3 Å². The summed E-state index contributed by atoms with van der Waals surface area (Å²) in [7, 11) is 0. The zero-order chi connectivity index (χ0) is 3.70. The van der Waals surface area contributed by atoms with Gasteiger partial charge in [-0.3, -0.25) is 0 Å². The summed E-state index contributed by atoms with van der Waals surface area (Å²) in [5.74, 6) is 0.667. The van der Waals surface area contributed by atoms with Crippen LogP contribution in [0.15, 0.2) is 0 Å². The minimum atomic E-state index is 0. The molecule has 0 amide bonds. The third-order valence-electron chi connectivity index (χ3n) is 0.574. The van der Waals surface area contributed by atoms with Gasteiger partial charge in [-0.05, 0) is 0 Å². The largest absolute Gasteiger partial charge is 0.372 e. The second-order valence-electron chi connectivity index (χ2n) is 1.11. The van der Waals surface area contributed by atoms with Gasteiger partial charge in [-0.1, -0.05) is 0 Å². The van der Waals surface area contributed by atoms with Crippen LogP contribution in [0.2, 0.25) is 0 Å². The van der Waals surface area contributed by atoms with E-state index in [1.54, 1.807) is 0 Å². The van der Waals surface area contributed by atoms with Crippen LogP contribution in [0.4, 0.5) is 0 Å². The van der Waals surface area contributed by atoms with Crippen molar-refractivity contribution in [2.75, 3.05) is 12.5 Å². The van der Waals surface area contributed by atoms with E-state index in [4.69, 9.17) is 16.3 Å². The van der Waals surface area contributed by atoms with Crippen molar-refractivity contribution in [2.24, 2.45) is 0 Å². The highest BCUT2D eigenvalue weighted by molar-refractivity contribution is 6.18. The van der Waals surface area contributed by atoms with E-state index in [-0.39, 0.29) is 12.3 Å². The van der Waals surface area contributed by atoms with Crippen LogP contribution in [0.25, 0.3) is 0 Å². The Hall–Kier alpha value is 0.170. The van der Waals surface area contributed by atoms with Crippen LogP contribution in [-0.2, 0) is 4.74 Å². The van der Waals surface area contributed by atoms with Gasteiger partial charge in [0.1, 0.15) is 0 Å². The molecule has 4 heteroatoms. The summed E-state index contributed by atoms with van der Waals surface area (Å²) in [6, 6.07) is 0. The molecule has 3 nitrogen and oxygen atoms in total. The molecule has 1 aliphatic heterocycles. The summed E-state index contributed by atoms with van der Waals surface area (Å²) in [6.45, 7) is 0.878. The number of epoxide rings is 1. The first kappa shape index (κ1) is 10.2. The first-order chi connectivity index (χ1) is 2.43. The number of alkyl halides is 1. The maximum absolute atomic E-state index is 5.27. The number of ether oxygens (including phenoxy) is 1. The van der Waals surface area contributed by atoms with Gasteiger partial charge < -0.3 is 17.0 Å². The maximum Gasteiger partial charge on any atom is 0.0944 e. The van der Waals surface area contributed by atoms with Crippen LogP contribution in [0, 0.1) is 0 Å². The molecule has 6 N–H and O–H groups in total. The zero-order valence-corrected chi connectivity index (χ0v) is 4.95. The Morgan fingerprint density at radius 1 is 1.57 bits per heavy atom. The smallest absolute Gasteiger partial charge is 0.0944 e. The average Bonchev–Trinajstić information content (AvgIpc) is 2.12. The van der Waals surface area contributed by atoms with Crippen molar-refractivity contribution in [3.63, 3.8) is 0 Å². The van der Waals surface area contributed by atoms with E-state index in [0.717, 1.165) is 6.61 Å². The predicted octanol–water partition coefficient (Wildman–Crippen LogP) is 0.948. The number of hydrogen-bond donors (Lipinski definition) is 2. The van der Waals surface area contributed by atoms with E-state index in [1.165, 1.54) is 0 Å². The van der Waals surface area contributed by atoms with Crippen molar-refractivity contribution in [1.29, 1.82) is 0 Å². The highest BCUT2D eigenvalue weighted by atomic mass is 35.5. The molecular weight excluding hydrogens is 115 g/mol. The van der Waals surface area contributed by atoms with E-state index in [0.29, 0.717) is 12.0 Å². The second kappa shape index (κ2) is 4.33. The van der Waals surface area contributed by atoms with Gasteiger partial charge in [-0.25, -0.2) is 0 Å². The molecule has 46 valence electrons. The van der Waals surface area contributed by atoms with Crippen LogP contribution >= 0.6 is 11.6 Å². The Morgan fingerprint density at radius 2 is 2.00 bits per heavy atom. The van der Waals surface area contributed by atoms with Gasteiger partial charge in [0.2, 0.25) is 0 Å². The van der Waals surface area contributed by atoms with Crippen LogP contribution in [0.1, 0.15) is 0 Å². The fraction of sp³-hybridized carbons (Fsp3) is 1.00. The van der Waals surface area contributed by atoms with Crippen molar-refractivity contribution < 1.29 is 4.74 Å². The second-order valence-corrected chi connectivity index (χ2v) is 1.42. The topological polar surface area (TPSA) is 82.5 Å². The lowest BCUT2D eigenvalue weighted by molar-refractivity contribution is 0.425. The van der Waals surface area contributed by atoms with E-state index >= 15 is 0 Å². The molecule has 1 saturated heterocycles. The third kappa shape index (κ3) is 4.01. The van der Waals surface area contributed by atoms with Gasteiger partial charge in [-0.2, -0.15) is 0 Å². The van der Waals surface area contributed by atoms with Crippen LogP contribution < -0.4 is 12.3 Å². The number of halogens is 1. The predicted molar refractivity (Wildman–Crippen MR) is 30.5 cm³/mol. The molecule has 0 aliphatic carbocycles. The molecule has 1 unspecified atom stereocenters. The molecule has 1 aliphatic rings. The fourth-order valence-corrected chi connectivity index (χ4v) is 0.335. The zero-order valence-electron chi connectivity index (χ0n) is 4.19. The Morgan fingerprint density at radius 3 is 2.00 bits per heavy atom. The molecule has 1 rings (SSSR count). The van der Waals surface area contributed by atoms with Gasteiger partial charge in [0.05, 0.1) is 18.6 Å². The Kier molecular flexibility index (Phi) is 6.32. The molecule has 0 radical (unpaired) electrons.